The van der Waals surface area contributed by atoms with E-state index in [1.54, 1.807) is 31.5 Å². The lowest BCUT2D eigenvalue weighted by Crippen LogP contribution is -2.48. The molecule has 1 saturated carbocycles. The zero-order valence-electron chi connectivity index (χ0n) is 18.5. The smallest absolute Gasteiger partial charge is 0.251 e. The number of benzene rings is 1. The molecule has 6 nitrogen and oxygen atoms in total. The van der Waals surface area contributed by atoms with E-state index in [9.17, 15) is 9.59 Å². The second-order valence-electron chi connectivity index (χ2n) is 8.31. The van der Waals surface area contributed by atoms with Crippen molar-refractivity contribution in [3.63, 3.8) is 0 Å². The average molecular weight is 424 g/mol. The van der Waals surface area contributed by atoms with Gasteiger partial charge in [-0.3, -0.25) is 14.6 Å². The molecule has 1 aromatic carbocycles. The van der Waals surface area contributed by atoms with Crippen LogP contribution in [0.1, 0.15) is 60.1 Å². The largest absolute Gasteiger partial charge is 0.496 e. The molecule has 1 heterocycles. The van der Waals surface area contributed by atoms with E-state index in [0.717, 1.165) is 29.8 Å². The summed E-state index contributed by atoms with van der Waals surface area (Å²) in [7, 11) is 1.61. The molecule has 1 fully saturated rings. The van der Waals surface area contributed by atoms with Crippen LogP contribution in [0.2, 0.25) is 0 Å². The third kappa shape index (κ3) is 6.81. The van der Waals surface area contributed by atoms with Crippen molar-refractivity contribution in [3.8, 4) is 5.75 Å². The second kappa shape index (κ2) is 11.5. The van der Waals surface area contributed by atoms with E-state index in [2.05, 4.69) is 15.6 Å². The number of hydrogen-bond donors (Lipinski definition) is 2. The van der Waals surface area contributed by atoms with E-state index in [-0.39, 0.29) is 11.8 Å². The predicted molar refractivity (Wildman–Crippen MR) is 121 cm³/mol. The molecule has 0 aliphatic heterocycles. The number of nitrogens with one attached hydrogen (secondary N) is 2. The summed E-state index contributed by atoms with van der Waals surface area (Å²) in [5, 5.41) is 5.98. The zero-order chi connectivity index (χ0) is 22.1. The molecule has 31 heavy (non-hydrogen) atoms. The molecule has 2 N–H and O–H groups in total. The lowest BCUT2D eigenvalue weighted by molar-refractivity contribution is -0.123. The highest BCUT2D eigenvalue weighted by atomic mass is 16.5. The van der Waals surface area contributed by atoms with Crippen LogP contribution in [0, 0.1) is 12.8 Å². The summed E-state index contributed by atoms with van der Waals surface area (Å²) in [5.41, 5.74) is 2.36. The third-order valence-corrected chi connectivity index (χ3v) is 5.98. The van der Waals surface area contributed by atoms with Gasteiger partial charge in [0.15, 0.2) is 0 Å². The number of hydrogen-bond acceptors (Lipinski definition) is 4. The lowest BCUT2D eigenvalue weighted by atomic mass is 9.84. The predicted octanol–water partition coefficient (Wildman–Crippen LogP) is 3.83. The van der Waals surface area contributed by atoms with Crippen molar-refractivity contribution in [2.45, 2.75) is 57.9 Å². The van der Waals surface area contributed by atoms with Gasteiger partial charge < -0.3 is 15.4 Å². The Morgan fingerprint density at radius 3 is 2.65 bits per heavy atom. The summed E-state index contributed by atoms with van der Waals surface area (Å²) in [4.78, 5) is 30.2. The van der Waals surface area contributed by atoms with Gasteiger partial charge in [-0.2, -0.15) is 0 Å². The maximum atomic E-state index is 13.0. The minimum Gasteiger partial charge on any atom is -0.496 e. The first-order chi connectivity index (χ1) is 15.1. The molecule has 1 aromatic heterocycles. The van der Waals surface area contributed by atoms with E-state index in [4.69, 9.17) is 4.74 Å². The highest BCUT2D eigenvalue weighted by Gasteiger charge is 2.26. The van der Waals surface area contributed by atoms with Crippen LogP contribution < -0.4 is 15.4 Å². The maximum Gasteiger partial charge on any atom is 0.251 e. The molecule has 0 unspecified atom stereocenters. The molecule has 1 aliphatic rings. The van der Waals surface area contributed by atoms with Gasteiger partial charge in [0.25, 0.3) is 5.91 Å². The third-order valence-electron chi connectivity index (χ3n) is 5.98. The fraction of sp³-hybridized carbons (Fsp3) is 0.480. The molecule has 0 spiro atoms. The minimum atomic E-state index is -0.540. The van der Waals surface area contributed by atoms with Crippen molar-refractivity contribution in [1.29, 1.82) is 0 Å². The molecule has 3 rings (SSSR count). The van der Waals surface area contributed by atoms with Crippen LogP contribution >= 0.6 is 0 Å². The number of aryl methyl sites for hydroxylation is 1. The first kappa shape index (κ1) is 22.8. The Hall–Kier alpha value is -2.89. The normalized spacial score (nSPS) is 15.2. The number of amides is 2. The first-order valence-corrected chi connectivity index (χ1v) is 11.2. The molecule has 1 aliphatic carbocycles. The zero-order valence-corrected chi connectivity index (χ0v) is 18.5. The molecular weight excluding hydrogens is 390 g/mol. The van der Waals surface area contributed by atoms with Crippen LogP contribution in [0.25, 0.3) is 0 Å². The summed E-state index contributed by atoms with van der Waals surface area (Å²) < 4.78 is 5.28. The van der Waals surface area contributed by atoms with E-state index in [1.165, 1.54) is 19.3 Å². The maximum absolute atomic E-state index is 13.0. The average Bonchev–Trinajstić information content (AvgIpc) is 2.80. The van der Waals surface area contributed by atoms with Gasteiger partial charge in [-0.25, -0.2) is 0 Å². The van der Waals surface area contributed by atoms with Gasteiger partial charge in [0, 0.05) is 30.4 Å². The van der Waals surface area contributed by atoms with Gasteiger partial charge in [-0.1, -0.05) is 38.2 Å². The number of ether oxygens (including phenoxy) is 1. The molecule has 2 amide bonds. The second-order valence-corrected chi connectivity index (χ2v) is 8.31. The quantitative estimate of drug-likeness (QED) is 0.642. The van der Waals surface area contributed by atoms with Crippen LogP contribution in [0.3, 0.4) is 0 Å². The topological polar surface area (TPSA) is 80.3 Å². The van der Waals surface area contributed by atoms with Crippen molar-refractivity contribution in [1.82, 2.24) is 15.6 Å². The van der Waals surface area contributed by atoms with E-state index < -0.39 is 6.04 Å². The fourth-order valence-electron chi connectivity index (χ4n) is 4.23. The number of pyridine rings is 1. The Labute approximate surface area is 184 Å². The van der Waals surface area contributed by atoms with Crippen molar-refractivity contribution >= 4 is 11.8 Å². The summed E-state index contributed by atoms with van der Waals surface area (Å²) >= 11 is 0. The molecular formula is C25H33N3O3. The van der Waals surface area contributed by atoms with Gasteiger partial charge in [0.05, 0.1) is 7.11 Å². The van der Waals surface area contributed by atoms with Crippen molar-refractivity contribution in [2.75, 3.05) is 13.7 Å². The number of methoxy groups -OCH3 is 1. The number of aromatic nitrogens is 1. The number of rotatable bonds is 9. The van der Waals surface area contributed by atoms with Crippen molar-refractivity contribution in [2.24, 2.45) is 5.92 Å². The monoisotopic (exact) mass is 423 g/mol. The van der Waals surface area contributed by atoms with Gasteiger partial charge in [0.1, 0.15) is 11.8 Å². The van der Waals surface area contributed by atoms with Crippen LogP contribution in [-0.2, 0) is 11.2 Å². The highest BCUT2D eigenvalue weighted by Crippen LogP contribution is 2.27. The van der Waals surface area contributed by atoms with Gasteiger partial charge >= 0.3 is 0 Å². The van der Waals surface area contributed by atoms with E-state index in [1.807, 2.05) is 25.1 Å². The van der Waals surface area contributed by atoms with Crippen LogP contribution in [-0.4, -0.2) is 36.5 Å². The summed E-state index contributed by atoms with van der Waals surface area (Å²) in [5.74, 6) is 0.854. The Morgan fingerprint density at radius 1 is 1.16 bits per heavy atom. The molecule has 0 radical (unpaired) electrons. The van der Waals surface area contributed by atoms with Crippen LogP contribution in [0.15, 0.2) is 42.6 Å². The molecule has 0 saturated heterocycles. The standard InChI is InChI=1S/C25H33N3O3/c1-18-16-20(11-12-23(18)31-2)24(29)28-22(17-19-8-4-3-5-9-19)25(30)27-15-13-21-10-6-7-14-26-21/h6-7,10-12,14,16,19,22H,3-5,8-9,13,15,17H2,1-2H3,(H,27,30)(H,28,29)/t22-/m1/s1. The van der Waals surface area contributed by atoms with Crippen molar-refractivity contribution < 1.29 is 14.3 Å². The summed E-state index contributed by atoms with van der Waals surface area (Å²) in [6, 6.07) is 10.5. The molecule has 2 aromatic rings. The Morgan fingerprint density at radius 2 is 1.97 bits per heavy atom. The van der Waals surface area contributed by atoms with E-state index >= 15 is 0 Å². The Kier molecular flexibility index (Phi) is 8.44. The van der Waals surface area contributed by atoms with Crippen LogP contribution in [0.4, 0.5) is 0 Å². The Balaban J connectivity index is 1.63. The van der Waals surface area contributed by atoms with Crippen molar-refractivity contribution in [3.05, 3.63) is 59.4 Å². The molecule has 1 atom stereocenters. The Bertz CT molecular complexity index is 864. The summed E-state index contributed by atoms with van der Waals surface area (Å²) in [6.45, 7) is 2.40. The summed E-state index contributed by atoms with van der Waals surface area (Å²) in [6.07, 6.45) is 8.98. The molecule has 0 bridgehead atoms. The van der Waals surface area contributed by atoms with Gasteiger partial charge in [0.2, 0.25) is 5.91 Å². The number of nitrogens with zero attached hydrogens (tertiary/aromatic N) is 1. The fourth-order valence-corrected chi connectivity index (χ4v) is 4.23. The first-order valence-electron chi connectivity index (χ1n) is 11.2. The minimum absolute atomic E-state index is 0.125. The van der Waals surface area contributed by atoms with E-state index in [0.29, 0.717) is 30.9 Å². The number of carbonyl (C=O) groups excluding carboxylic acids is 2. The lowest BCUT2D eigenvalue weighted by Gasteiger charge is -2.26. The molecule has 6 heteroatoms. The van der Waals surface area contributed by atoms with Gasteiger partial charge in [-0.15, -0.1) is 0 Å². The SMILES string of the molecule is COc1ccc(C(=O)N[C@H](CC2CCCCC2)C(=O)NCCc2ccccn2)cc1C. The van der Waals surface area contributed by atoms with Crippen LogP contribution in [0.5, 0.6) is 5.75 Å². The van der Waals surface area contributed by atoms with Gasteiger partial charge in [-0.05, 0) is 55.2 Å². The number of carbonyl (C=O) groups is 2. The highest BCUT2D eigenvalue weighted by molar-refractivity contribution is 5.97. The molecule has 166 valence electrons.